The molecule has 2 aromatic carbocycles. The Morgan fingerprint density at radius 1 is 1.00 bits per heavy atom. The van der Waals surface area contributed by atoms with Crippen molar-refractivity contribution in [2.45, 2.75) is 25.3 Å². The van der Waals surface area contributed by atoms with Gasteiger partial charge in [0.15, 0.2) is 0 Å². The zero-order valence-corrected chi connectivity index (χ0v) is 15.1. The van der Waals surface area contributed by atoms with Crippen molar-refractivity contribution in [1.82, 2.24) is 14.7 Å². The van der Waals surface area contributed by atoms with E-state index >= 15 is 0 Å². The van der Waals surface area contributed by atoms with E-state index in [1.54, 1.807) is 45.5 Å². The normalized spacial score (nSPS) is 11.6. The minimum Gasteiger partial charge on any atom is -0.497 e. The largest absolute Gasteiger partial charge is 0.497 e. The number of ether oxygens (including phenoxy) is 1. The molecule has 6 nitrogen and oxygen atoms in total. The Morgan fingerprint density at radius 2 is 1.64 bits per heavy atom. The summed E-state index contributed by atoms with van der Waals surface area (Å²) in [6.07, 6.45) is 3.24. The molecule has 3 rings (SSSR count). The van der Waals surface area contributed by atoms with Gasteiger partial charge in [-0.05, 0) is 54.8 Å². The number of methoxy groups -OCH3 is 1. The minimum absolute atomic E-state index is 0.180. The first-order valence-electron chi connectivity index (χ1n) is 7.75. The molecule has 0 spiro atoms. The van der Waals surface area contributed by atoms with Gasteiger partial charge in [-0.25, -0.2) is 13.1 Å². The van der Waals surface area contributed by atoms with Crippen LogP contribution in [0.15, 0.2) is 47.6 Å². The van der Waals surface area contributed by atoms with Crippen LogP contribution in [0.1, 0.15) is 16.7 Å². The van der Waals surface area contributed by atoms with Crippen LogP contribution in [0.25, 0.3) is 11.0 Å². The molecule has 130 valence electrons. The Hall–Kier alpha value is -2.51. The number of aryl methyl sites for hydroxylation is 2. The molecule has 0 saturated heterocycles. The van der Waals surface area contributed by atoms with Crippen molar-refractivity contribution in [3.05, 3.63) is 59.4 Å². The second-order valence-electron chi connectivity index (χ2n) is 5.79. The van der Waals surface area contributed by atoms with Gasteiger partial charge in [0.25, 0.3) is 0 Å². The molecule has 7 heteroatoms. The van der Waals surface area contributed by atoms with Crippen LogP contribution in [0.5, 0.6) is 5.75 Å². The number of benzene rings is 2. The fourth-order valence-corrected chi connectivity index (χ4v) is 4.29. The van der Waals surface area contributed by atoms with Crippen LogP contribution in [0.4, 0.5) is 0 Å². The third-order valence-electron chi connectivity index (χ3n) is 3.94. The highest BCUT2D eigenvalue weighted by Crippen LogP contribution is 2.25. The van der Waals surface area contributed by atoms with E-state index < -0.39 is 10.0 Å². The fraction of sp³-hybridized carbons (Fsp3) is 0.222. The quantitative estimate of drug-likeness (QED) is 0.759. The summed E-state index contributed by atoms with van der Waals surface area (Å²) in [6.45, 7) is 3.70. The van der Waals surface area contributed by atoms with Gasteiger partial charge in [0.2, 0.25) is 10.0 Å². The van der Waals surface area contributed by atoms with E-state index in [9.17, 15) is 8.42 Å². The first kappa shape index (κ1) is 17.3. The Labute approximate surface area is 146 Å². The van der Waals surface area contributed by atoms with Crippen molar-refractivity contribution in [2.24, 2.45) is 0 Å². The van der Waals surface area contributed by atoms with Gasteiger partial charge in [-0.2, -0.15) is 0 Å². The lowest BCUT2D eigenvalue weighted by Crippen LogP contribution is -2.25. The van der Waals surface area contributed by atoms with Crippen LogP contribution in [0.3, 0.4) is 0 Å². The monoisotopic (exact) mass is 357 g/mol. The van der Waals surface area contributed by atoms with Crippen LogP contribution in [-0.4, -0.2) is 25.5 Å². The molecule has 0 amide bonds. The molecule has 0 radical (unpaired) electrons. The molecular weight excluding hydrogens is 338 g/mol. The number of nitrogens with one attached hydrogen (secondary N) is 1. The van der Waals surface area contributed by atoms with Crippen LogP contribution in [0.2, 0.25) is 0 Å². The number of sulfonamides is 1. The predicted octanol–water partition coefficient (Wildman–Crippen LogP) is 2.73. The summed E-state index contributed by atoms with van der Waals surface area (Å²) in [7, 11) is -2.08. The molecule has 25 heavy (non-hydrogen) atoms. The van der Waals surface area contributed by atoms with Gasteiger partial charge in [-0.3, -0.25) is 9.97 Å². The van der Waals surface area contributed by atoms with E-state index in [4.69, 9.17) is 4.74 Å². The topological polar surface area (TPSA) is 81.2 Å². The maximum Gasteiger partial charge on any atom is 0.241 e. The minimum atomic E-state index is -3.64. The summed E-state index contributed by atoms with van der Waals surface area (Å²) in [5, 5.41) is 0. The van der Waals surface area contributed by atoms with Crippen molar-refractivity contribution in [1.29, 1.82) is 0 Å². The fourth-order valence-electron chi connectivity index (χ4n) is 2.82. The smallest absolute Gasteiger partial charge is 0.241 e. The maximum atomic E-state index is 12.7. The molecule has 0 atom stereocenters. The Morgan fingerprint density at radius 3 is 2.28 bits per heavy atom. The van der Waals surface area contributed by atoms with Crippen molar-refractivity contribution < 1.29 is 13.2 Å². The average molecular weight is 357 g/mol. The molecule has 0 saturated carbocycles. The van der Waals surface area contributed by atoms with Gasteiger partial charge >= 0.3 is 0 Å². The Bertz CT molecular complexity index is 1010. The number of hydrogen-bond acceptors (Lipinski definition) is 5. The van der Waals surface area contributed by atoms with Gasteiger partial charge in [0, 0.05) is 18.9 Å². The summed E-state index contributed by atoms with van der Waals surface area (Å²) < 4.78 is 33.3. The molecule has 0 unspecified atom stereocenters. The molecule has 3 aromatic rings. The zero-order chi connectivity index (χ0) is 18.0. The van der Waals surface area contributed by atoms with Crippen molar-refractivity contribution in [2.75, 3.05) is 7.11 Å². The van der Waals surface area contributed by atoms with Gasteiger partial charge in [-0.1, -0.05) is 6.07 Å². The third-order valence-corrected chi connectivity index (χ3v) is 5.64. The Balaban J connectivity index is 1.86. The van der Waals surface area contributed by atoms with Crippen molar-refractivity contribution in [3.8, 4) is 5.75 Å². The zero-order valence-electron chi connectivity index (χ0n) is 14.3. The second-order valence-corrected chi connectivity index (χ2v) is 7.50. The van der Waals surface area contributed by atoms with Crippen molar-refractivity contribution in [3.63, 3.8) is 0 Å². The van der Waals surface area contributed by atoms with Crippen LogP contribution in [0, 0.1) is 13.8 Å². The highest BCUT2D eigenvalue weighted by Gasteiger charge is 2.20. The number of hydrogen-bond donors (Lipinski definition) is 1. The average Bonchev–Trinajstić information content (AvgIpc) is 2.59. The van der Waals surface area contributed by atoms with Gasteiger partial charge in [0.1, 0.15) is 5.75 Å². The molecular formula is C18H19N3O3S. The van der Waals surface area contributed by atoms with E-state index in [1.165, 1.54) is 0 Å². The molecule has 0 aliphatic heterocycles. The first-order chi connectivity index (χ1) is 11.9. The van der Waals surface area contributed by atoms with E-state index in [1.807, 2.05) is 18.2 Å². The number of aromatic nitrogens is 2. The molecule has 1 aromatic heterocycles. The standard InChI is InChI=1S/C18H19N3O3S/c1-12-8-15(24-3)9-13(2)18(12)25(22,23)21-11-14-4-5-16-17(10-14)20-7-6-19-16/h4-10,21H,11H2,1-3H3. The van der Waals surface area contributed by atoms with E-state index in [2.05, 4.69) is 14.7 Å². The predicted molar refractivity (Wildman–Crippen MR) is 96.0 cm³/mol. The Kier molecular flexibility index (Phi) is 4.69. The molecule has 0 fully saturated rings. The lowest BCUT2D eigenvalue weighted by molar-refractivity contribution is 0.413. The summed E-state index contributed by atoms with van der Waals surface area (Å²) in [4.78, 5) is 8.73. The molecule has 1 N–H and O–H groups in total. The summed E-state index contributed by atoms with van der Waals surface area (Å²) in [5.41, 5.74) is 3.62. The van der Waals surface area contributed by atoms with Gasteiger partial charge in [-0.15, -0.1) is 0 Å². The molecule has 0 aliphatic carbocycles. The van der Waals surface area contributed by atoms with Crippen LogP contribution in [-0.2, 0) is 16.6 Å². The summed E-state index contributed by atoms with van der Waals surface area (Å²) in [6, 6.07) is 8.93. The van der Waals surface area contributed by atoms with Crippen molar-refractivity contribution >= 4 is 21.1 Å². The lowest BCUT2D eigenvalue weighted by atomic mass is 10.1. The number of rotatable bonds is 5. The van der Waals surface area contributed by atoms with E-state index in [-0.39, 0.29) is 11.4 Å². The first-order valence-corrected chi connectivity index (χ1v) is 9.23. The van der Waals surface area contributed by atoms with Gasteiger partial charge in [0.05, 0.1) is 23.0 Å². The number of nitrogens with zero attached hydrogens (tertiary/aromatic N) is 2. The van der Waals surface area contributed by atoms with Crippen LogP contribution >= 0.6 is 0 Å². The maximum absolute atomic E-state index is 12.7. The second kappa shape index (κ2) is 6.78. The summed E-state index contributed by atoms with van der Waals surface area (Å²) >= 11 is 0. The SMILES string of the molecule is COc1cc(C)c(S(=O)(=O)NCc2ccc3nccnc3c2)c(C)c1. The lowest BCUT2D eigenvalue weighted by Gasteiger charge is -2.14. The summed E-state index contributed by atoms with van der Waals surface area (Å²) in [5.74, 6) is 0.641. The molecule has 0 aliphatic rings. The highest BCUT2D eigenvalue weighted by molar-refractivity contribution is 7.89. The highest BCUT2D eigenvalue weighted by atomic mass is 32.2. The van der Waals surface area contributed by atoms with Crippen LogP contribution < -0.4 is 9.46 Å². The van der Waals surface area contributed by atoms with Gasteiger partial charge < -0.3 is 4.74 Å². The number of fused-ring (bicyclic) bond motifs is 1. The molecule has 0 bridgehead atoms. The third kappa shape index (κ3) is 3.62. The van der Waals surface area contributed by atoms with E-state index in [0.29, 0.717) is 16.9 Å². The molecule has 1 heterocycles. The van der Waals surface area contributed by atoms with E-state index in [0.717, 1.165) is 16.6 Å².